The first-order valence-electron chi connectivity index (χ1n) is 9.62. The van der Waals surface area contributed by atoms with Crippen LogP contribution in [0.2, 0.25) is 0 Å². The maximum Gasteiger partial charge on any atom is 0.252 e. The number of carbonyl (C=O) groups is 1. The fraction of sp³-hybridized carbons (Fsp3) is 0.579. The quantitative estimate of drug-likeness (QED) is 0.638. The Kier molecular flexibility index (Phi) is 7.42. The lowest BCUT2D eigenvalue weighted by molar-refractivity contribution is -0.122. The summed E-state index contributed by atoms with van der Waals surface area (Å²) in [4.78, 5) is 18.0. The van der Waals surface area contributed by atoms with Gasteiger partial charge in [-0.15, -0.1) is 0 Å². The van der Waals surface area contributed by atoms with Gasteiger partial charge in [-0.25, -0.2) is 12.7 Å². The molecule has 1 unspecified atom stereocenters. The van der Waals surface area contributed by atoms with Gasteiger partial charge in [0.1, 0.15) is 5.75 Å². The van der Waals surface area contributed by atoms with Crippen LogP contribution in [0, 0.1) is 5.92 Å². The standard InChI is InChI=1S/C19H27N3O4S3/c1-4-26-15-7-8-16-17(12-15)28-19(22(16)10-11-27-2)20-18(23)14-6-5-9-21(13-14)29(3,24)25/h7-8,12,14H,4-6,9-11,13H2,1-3H3. The van der Waals surface area contributed by atoms with E-state index in [0.717, 1.165) is 28.3 Å². The number of aryl methyl sites for hydroxylation is 1. The molecule has 3 rings (SSSR count). The molecule has 7 nitrogen and oxygen atoms in total. The molecule has 2 aromatic rings. The van der Waals surface area contributed by atoms with Gasteiger partial charge >= 0.3 is 0 Å². The van der Waals surface area contributed by atoms with Crippen molar-refractivity contribution < 1.29 is 17.9 Å². The van der Waals surface area contributed by atoms with Crippen LogP contribution in [0.25, 0.3) is 10.2 Å². The van der Waals surface area contributed by atoms with E-state index in [-0.39, 0.29) is 12.5 Å². The van der Waals surface area contributed by atoms with Gasteiger partial charge in [-0.2, -0.15) is 16.8 Å². The number of sulfonamides is 1. The number of amides is 1. The third-order valence-electron chi connectivity index (χ3n) is 4.89. The van der Waals surface area contributed by atoms with Gasteiger partial charge in [0.15, 0.2) is 4.80 Å². The van der Waals surface area contributed by atoms with Crippen molar-refractivity contribution in [3.8, 4) is 5.75 Å². The van der Waals surface area contributed by atoms with E-state index >= 15 is 0 Å². The Labute approximate surface area is 179 Å². The van der Waals surface area contributed by atoms with E-state index in [1.807, 2.05) is 31.4 Å². The molecule has 29 heavy (non-hydrogen) atoms. The van der Waals surface area contributed by atoms with Crippen LogP contribution in [-0.4, -0.2) is 61.2 Å². The first-order valence-corrected chi connectivity index (χ1v) is 13.7. The summed E-state index contributed by atoms with van der Waals surface area (Å²) in [5.41, 5.74) is 1.03. The van der Waals surface area contributed by atoms with Gasteiger partial charge in [0.25, 0.3) is 5.91 Å². The number of rotatable bonds is 7. The smallest absolute Gasteiger partial charge is 0.252 e. The van der Waals surface area contributed by atoms with Crippen molar-refractivity contribution in [1.82, 2.24) is 8.87 Å². The highest BCUT2D eigenvalue weighted by Crippen LogP contribution is 2.24. The van der Waals surface area contributed by atoms with Gasteiger partial charge in [-0.05, 0) is 44.2 Å². The normalized spacial score (nSPS) is 19.0. The number of fused-ring (bicyclic) bond motifs is 1. The number of ether oxygens (including phenoxy) is 1. The zero-order valence-electron chi connectivity index (χ0n) is 17.0. The first-order chi connectivity index (χ1) is 13.8. The molecule has 2 heterocycles. The Morgan fingerprint density at radius 1 is 1.41 bits per heavy atom. The molecule has 1 aromatic carbocycles. The van der Waals surface area contributed by atoms with Crippen LogP contribution < -0.4 is 9.54 Å². The maximum absolute atomic E-state index is 12.9. The fourth-order valence-electron chi connectivity index (χ4n) is 3.42. The number of piperidine rings is 1. The van der Waals surface area contributed by atoms with Crippen LogP contribution >= 0.6 is 23.1 Å². The molecule has 1 aliphatic heterocycles. The van der Waals surface area contributed by atoms with Crippen LogP contribution in [-0.2, 0) is 21.4 Å². The minimum absolute atomic E-state index is 0.214. The molecule has 0 N–H and O–H groups in total. The molecular formula is C19H27N3O4S3. The van der Waals surface area contributed by atoms with E-state index in [2.05, 4.69) is 9.56 Å². The molecule has 1 atom stereocenters. The number of thiazole rings is 1. The number of benzene rings is 1. The second-order valence-corrected chi connectivity index (χ2v) is 11.0. The molecule has 0 radical (unpaired) electrons. The van der Waals surface area contributed by atoms with Gasteiger partial charge < -0.3 is 9.30 Å². The van der Waals surface area contributed by atoms with E-state index in [1.54, 1.807) is 11.8 Å². The van der Waals surface area contributed by atoms with Crippen LogP contribution in [0.15, 0.2) is 23.2 Å². The van der Waals surface area contributed by atoms with Crippen molar-refractivity contribution in [2.45, 2.75) is 26.3 Å². The predicted molar refractivity (Wildman–Crippen MR) is 119 cm³/mol. The van der Waals surface area contributed by atoms with Crippen molar-refractivity contribution >= 4 is 49.2 Å². The van der Waals surface area contributed by atoms with Crippen molar-refractivity contribution in [3.63, 3.8) is 0 Å². The molecule has 1 aromatic heterocycles. The van der Waals surface area contributed by atoms with E-state index in [4.69, 9.17) is 4.74 Å². The van der Waals surface area contributed by atoms with Gasteiger partial charge in [-0.3, -0.25) is 4.79 Å². The number of carbonyl (C=O) groups excluding carboxylic acids is 1. The lowest BCUT2D eigenvalue weighted by Crippen LogP contribution is -2.41. The number of thioether (sulfide) groups is 1. The Balaban J connectivity index is 1.95. The molecule has 1 saturated heterocycles. The maximum atomic E-state index is 12.9. The second-order valence-electron chi connectivity index (χ2n) is 7.00. The van der Waals surface area contributed by atoms with Gasteiger partial charge in [0.2, 0.25) is 10.0 Å². The average molecular weight is 458 g/mol. The minimum Gasteiger partial charge on any atom is -0.494 e. The first kappa shape index (κ1) is 22.3. The minimum atomic E-state index is -3.30. The Bertz CT molecular complexity index is 1040. The van der Waals surface area contributed by atoms with Crippen LogP contribution in [0.1, 0.15) is 19.8 Å². The molecule has 160 valence electrons. The van der Waals surface area contributed by atoms with Gasteiger partial charge in [0, 0.05) is 25.4 Å². The fourth-order valence-corrected chi connectivity index (χ4v) is 5.79. The molecule has 0 aliphatic carbocycles. The highest BCUT2D eigenvalue weighted by molar-refractivity contribution is 7.98. The zero-order valence-corrected chi connectivity index (χ0v) is 19.4. The van der Waals surface area contributed by atoms with Crippen LogP contribution in [0.3, 0.4) is 0 Å². The van der Waals surface area contributed by atoms with E-state index in [0.29, 0.717) is 30.8 Å². The van der Waals surface area contributed by atoms with Crippen LogP contribution in [0.4, 0.5) is 0 Å². The van der Waals surface area contributed by atoms with Crippen molar-refractivity contribution in [1.29, 1.82) is 0 Å². The molecule has 1 amide bonds. The lowest BCUT2D eigenvalue weighted by Gasteiger charge is -2.28. The Hall–Kier alpha value is -1.36. The monoisotopic (exact) mass is 457 g/mol. The number of aromatic nitrogens is 1. The summed E-state index contributed by atoms with van der Waals surface area (Å²) in [7, 11) is -3.30. The summed E-state index contributed by atoms with van der Waals surface area (Å²) in [5, 5.41) is 0. The van der Waals surface area contributed by atoms with Gasteiger partial charge in [0.05, 0.1) is 29.0 Å². The summed E-state index contributed by atoms with van der Waals surface area (Å²) in [6.45, 7) is 3.98. The molecule has 1 aliphatic rings. The van der Waals surface area contributed by atoms with Crippen LogP contribution in [0.5, 0.6) is 5.75 Å². The average Bonchev–Trinajstić information content (AvgIpc) is 3.02. The molecule has 10 heteroatoms. The van der Waals surface area contributed by atoms with E-state index in [9.17, 15) is 13.2 Å². The lowest BCUT2D eigenvalue weighted by atomic mass is 9.99. The van der Waals surface area contributed by atoms with E-state index < -0.39 is 15.9 Å². The Morgan fingerprint density at radius 3 is 2.90 bits per heavy atom. The third kappa shape index (κ3) is 5.42. The number of nitrogens with zero attached hydrogens (tertiary/aromatic N) is 3. The topological polar surface area (TPSA) is 81.0 Å². The number of hydrogen-bond acceptors (Lipinski definition) is 6. The third-order valence-corrected chi connectivity index (χ3v) is 7.79. The van der Waals surface area contributed by atoms with Crippen molar-refractivity contribution in [2.24, 2.45) is 10.9 Å². The summed E-state index contributed by atoms with van der Waals surface area (Å²) in [5.74, 6) is 1.07. The zero-order chi connectivity index (χ0) is 21.0. The van der Waals surface area contributed by atoms with Crippen molar-refractivity contribution in [3.05, 3.63) is 23.0 Å². The summed E-state index contributed by atoms with van der Waals surface area (Å²) < 4.78 is 33.8. The summed E-state index contributed by atoms with van der Waals surface area (Å²) in [6, 6.07) is 5.92. The van der Waals surface area contributed by atoms with Gasteiger partial charge in [-0.1, -0.05) is 11.3 Å². The number of hydrogen-bond donors (Lipinski definition) is 0. The van der Waals surface area contributed by atoms with E-state index in [1.165, 1.54) is 21.9 Å². The molecular weight excluding hydrogens is 430 g/mol. The largest absolute Gasteiger partial charge is 0.494 e. The second kappa shape index (κ2) is 9.63. The summed E-state index contributed by atoms with van der Waals surface area (Å²) >= 11 is 3.20. The summed E-state index contributed by atoms with van der Waals surface area (Å²) in [6.07, 6.45) is 4.58. The highest BCUT2D eigenvalue weighted by atomic mass is 32.2. The molecule has 0 saturated carbocycles. The SMILES string of the molecule is CCOc1ccc2c(c1)sc(=NC(=O)C1CCCN(S(C)(=O)=O)C1)n2CCSC. The van der Waals surface area contributed by atoms with Crippen molar-refractivity contribution in [2.75, 3.05) is 38.0 Å². The highest BCUT2D eigenvalue weighted by Gasteiger charge is 2.30. The molecule has 0 bridgehead atoms. The molecule has 0 spiro atoms. The predicted octanol–water partition coefficient (Wildman–Crippen LogP) is 2.56. The molecule has 1 fully saturated rings. The Morgan fingerprint density at radius 2 is 2.21 bits per heavy atom.